The first kappa shape index (κ1) is 13.0. The van der Waals surface area contributed by atoms with Gasteiger partial charge in [0.05, 0.1) is 0 Å². The summed E-state index contributed by atoms with van der Waals surface area (Å²) in [6.07, 6.45) is 11.4. The maximum Gasteiger partial charge on any atom is 0.00923 e. The van der Waals surface area contributed by atoms with Gasteiger partial charge in [-0.1, -0.05) is 46.0 Å². The fourth-order valence-corrected chi connectivity index (χ4v) is 2.59. The van der Waals surface area contributed by atoms with Crippen molar-refractivity contribution in [3.05, 3.63) is 0 Å². The minimum atomic E-state index is 0.777. The zero-order chi connectivity index (χ0) is 11.1. The van der Waals surface area contributed by atoms with Crippen LogP contribution in [0.3, 0.4) is 0 Å². The highest BCUT2D eigenvalue weighted by molar-refractivity contribution is 4.85. The molecule has 1 heteroatoms. The number of unbranched alkanes of at least 4 members (excludes halogenated alkanes) is 4. The first-order valence-corrected chi connectivity index (χ1v) is 6.96. The lowest BCUT2D eigenvalue weighted by Crippen LogP contribution is -2.33. The van der Waals surface area contributed by atoms with Crippen LogP contribution in [0.4, 0.5) is 0 Å². The predicted octanol–water partition coefficient (Wildman–Crippen LogP) is 3.98. The van der Waals surface area contributed by atoms with Crippen LogP contribution in [0.1, 0.15) is 65.2 Å². The zero-order valence-electron chi connectivity index (χ0n) is 10.9. The molecule has 1 aliphatic carbocycles. The molecule has 1 saturated carbocycles. The molecule has 0 aliphatic heterocycles. The van der Waals surface area contributed by atoms with E-state index in [-0.39, 0.29) is 0 Å². The van der Waals surface area contributed by atoms with Crippen LogP contribution in [0.2, 0.25) is 0 Å². The molecule has 15 heavy (non-hydrogen) atoms. The lowest BCUT2D eigenvalue weighted by Gasteiger charge is -2.23. The number of hydrogen-bond donors (Lipinski definition) is 1. The topological polar surface area (TPSA) is 12.0 Å². The highest BCUT2D eigenvalue weighted by Gasteiger charge is 2.32. The summed E-state index contributed by atoms with van der Waals surface area (Å²) in [5, 5.41) is 3.51. The third-order valence-corrected chi connectivity index (χ3v) is 3.99. The van der Waals surface area contributed by atoms with Crippen molar-refractivity contribution in [1.29, 1.82) is 0 Å². The Labute approximate surface area is 96.0 Å². The van der Waals surface area contributed by atoms with Crippen molar-refractivity contribution >= 4 is 0 Å². The smallest absolute Gasteiger partial charge is 0.00923 e. The second-order valence-electron chi connectivity index (χ2n) is 5.29. The molecule has 2 unspecified atom stereocenters. The minimum absolute atomic E-state index is 0.777. The normalized spacial score (nSPS) is 20.2. The maximum atomic E-state index is 3.51. The van der Waals surface area contributed by atoms with Crippen molar-refractivity contribution in [2.45, 2.75) is 71.3 Å². The molecule has 1 N–H and O–H groups in total. The van der Waals surface area contributed by atoms with Crippen LogP contribution in [0.5, 0.6) is 0 Å². The average molecular weight is 211 g/mol. The Morgan fingerprint density at radius 1 is 1.13 bits per heavy atom. The fraction of sp³-hybridized carbons (Fsp3) is 1.00. The van der Waals surface area contributed by atoms with Gasteiger partial charge in [-0.15, -0.1) is 0 Å². The van der Waals surface area contributed by atoms with Gasteiger partial charge in [0.1, 0.15) is 0 Å². The van der Waals surface area contributed by atoms with Crippen LogP contribution >= 0.6 is 0 Å². The molecule has 1 fully saturated rings. The van der Waals surface area contributed by atoms with Crippen molar-refractivity contribution < 1.29 is 0 Å². The zero-order valence-corrected chi connectivity index (χ0v) is 10.9. The van der Waals surface area contributed by atoms with Crippen LogP contribution in [0, 0.1) is 11.8 Å². The van der Waals surface area contributed by atoms with Gasteiger partial charge < -0.3 is 5.32 Å². The molecule has 0 amide bonds. The number of hydrogen-bond acceptors (Lipinski definition) is 1. The predicted molar refractivity (Wildman–Crippen MR) is 68.1 cm³/mol. The summed E-state index contributed by atoms with van der Waals surface area (Å²) in [4.78, 5) is 0. The average Bonchev–Trinajstić information content (AvgIpc) is 3.06. The van der Waals surface area contributed by atoms with Gasteiger partial charge in [0, 0.05) is 6.04 Å². The van der Waals surface area contributed by atoms with E-state index in [1.807, 2.05) is 0 Å². The fourth-order valence-electron chi connectivity index (χ4n) is 2.59. The van der Waals surface area contributed by atoms with Crippen molar-refractivity contribution in [1.82, 2.24) is 5.32 Å². The van der Waals surface area contributed by atoms with Crippen LogP contribution in [0.25, 0.3) is 0 Å². The van der Waals surface area contributed by atoms with E-state index in [9.17, 15) is 0 Å². The van der Waals surface area contributed by atoms with E-state index in [4.69, 9.17) is 0 Å². The molecular formula is C14H29N. The molecule has 2 atom stereocenters. The van der Waals surface area contributed by atoms with E-state index in [1.165, 1.54) is 51.4 Å². The molecular weight excluding hydrogens is 182 g/mol. The summed E-state index contributed by atoms with van der Waals surface area (Å²) in [7, 11) is 2.13. The summed E-state index contributed by atoms with van der Waals surface area (Å²) < 4.78 is 0. The third-order valence-electron chi connectivity index (χ3n) is 3.99. The van der Waals surface area contributed by atoms with Gasteiger partial charge >= 0.3 is 0 Å². The molecule has 0 aromatic carbocycles. The van der Waals surface area contributed by atoms with Crippen LogP contribution in [0.15, 0.2) is 0 Å². The molecule has 1 aliphatic rings. The highest BCUT2D eigenvalue weighted by atomic mass is 14.9. The lowest BCUT2D eigenvalue weighted by molar-refractivity contribution is 0.332. The molecule has 0 heterocycles. The maximum absolute atomic E-state index is 3.51. The molecule has 0 radical (unpaired) electrons. The standard InChI is InChI=1S/C14H29N/c1-4-5-6-7-8-9-14(15-3)12(2)13-10-11-13/h12-15H,4-11H2,1-3H3. The number of nitrogens with one attached hydrogen (secondary N) is 1. The lowest BCUT2D eigenvalue weighted by atomic mass is 9.92. The first-order valence-electron chi connectivity index (χ1n) is 6.96. The molecule has 0 saturated heterocycles. The van der Waals surface area contributed by atoms with E-state index >= 15 is 0 Å². The summed E-state index contributed by atoms with van der Waals surface area (Å²) in [6.45, 7) is 4.72. The van der Waals surface area contributed by atoms with E-state index in [0.29, 0.717) is 0 Å². The summed E-state index contributed by atoms with van der Waals surface area (Å²) in [5.74, 6) is 1.94. The second kappa shape index (κ2) is 7.27. The van der Waals surface area contributed by atoms with Crippen LogP contribution in [-0.4, -0.2) is 13.1 Å². The van der Waals surface area contributed by atoms with Crippen molar-refractivity contribution in [3.8, 4) is 0 Å². The first-order chi connectivity index (χ1) is 7.29. The van der Waals surface area contributed by atoms with Gasteiger partial charge in [-0.25, -0.2) is 0 Å². The van der Waals surface area contributed by atoms with E-state index in [0.717, 1.165) is 17.9 Å². The molecule has 1 rings (SSSR count). The molecule has 90 valence electrons. The Bertz CT molecular complexity index is 151. The van der Waals surface area contributed by atoms with Crippen LogP contribution in [-0.2, 0) is 0 Å². The number of rotatable bonds is 9. The van der Waals surface area contributed by atoms with Gasteiger partial charge in [0.15, 0.2) is 0 Å². The SMILES string of the molecule is CCCCCCCC(NC)C(C)C1CC1. The van der Waals surface area contributed by atoms with Crippen molar-refractivity contribution in [2.75, 3.05) is 7.05 Å². The third kappa shape index (κ3) is 5.01. The van der Waals surface area contributed by atoms with Gasteiger partial charge in [-0.05, 0) is 38.1 Å². The van der Waals surface area contributed by atoms with Crippen LogP contribution < -0.4 is 5.32 Å². The quantitative estimate of drug-likeness (QED) is 0.569. The molecule has 0 spiro atoms. The highest BCUT2D eigenvalue weighted by Crippen LogP contribution is 2.39. The summed E-state index contributed by atoms with van der Waals surface area (Å²) in [6, 6.07) is 0.777. The second-order valence-corrected chi connectivity index (χ2v) is 5.29. The van der Waals surface area contributed by atoms with E-state index < -0.39 is 0 Å². The molecule has 0 aromatic heterocycles. The van der Waals surface area contributed by atoms with Crippen molar-refractivity contribution in [3.63, 3.8) is 0 Å². The molecule has 1 nitrogen and oxygen atoms in total. The Balaban J connectivity index is 2.05. The van der Waals surface area contributed by atoms with Gasteiger partial charge in [0.25, 0.3) is 0 Å². The Hall–Kier alpha value is -0.0400. The van der Waals surface area contributed by atoms with E-state index in [2.05, 4.69) is 26.2 Å². The molecule has 0 aromatic rings. The summed E-state index contributed by atoms with van der Waals surface area (Å²) >= 11 is 0. The monoisotopic (exact) mass is 211 g/mol. The summed E-state index contributed by atoms with van der Waals surface area (Å²) in [5.41, 5.74) is 0. The Kier molecular flexibility index (Phi) is 6.31. The van der Waals surface area contributed by atoms with E-state index in [1.54, 1.807) is 0 Å². The molecule has 0 bridgehead atoms. The van der Waals surface area contributed by atoms with Gasteiger partial charge in [0.2, 0.25) is 0 Å². The Morgan fingerprint density at radius 2 is 1.80 bits per heavy atom. The van der Waals surface area contributed by atoms with Crippen molar-refractivity contribution in [2.24, 2.45) is 11.8 Å². The minimum Gasteiger partial charge on any atom is -0.317 e. The largest absolute Gasteiger partial charge is 0.317 e. The van der Waals surface area contributed by atoms with Gasteiger partial charge in [-0.3, -0.25) is 0 Å². The Morgan fingerprint density at radius 3 is 2.33 bits per heavy atom. The van der Waals surface area contributed by atoms with Gasteiger partial charge in [-0.2, -0.15) is 0 Å².